The number of phenolic OH excluding ortho intramolecular Hbond substituents is 1. The summed E-state index contributed by atoms with van der Waals surface area (Å²) in [6.07, 6.45) is 2.62. The molecule has 0 spiro atoms. The van der Waals surface area contributed by atoms with E-state index in [1.807, 2.05) is 4.57 Å². The number of nitrogens with zero attached hydrogens (tertiary/aromatic N) is 1. The molecule has 3 aromatic carbocycles. The van der Waals surface area contributed by atoms with Crippen LogP contribution >= 0.6 is 0 Å². The molecule has 1 aromatic heterocycles. The van der Waals surface area contributed by atoms with E-state index in [-0.39, 0.29) is 17.1 Å². The Labute approximate surface area is 201 Å². The van der Waals surface area contributed by atoms with Crippen molar-refractivity contribution in [3.63, 3.8) is 0 Å². The van der Waals surface area contributed by atoms with E-state index >= 15 is 0 Å². The second-order valence-electron chi connectivity index (χ2n) is 9.26. The van der Waals surface area contributed by atoms with Gasteiger partial charge in [-0.1, -0.05) is 18.6 Å². The number of hydrogen-bond donors (Lipinski definition) is 2. The number of fused-ring (bicyclic) bond motifs is 1. The number of aromatic carboxylic acids is 1. The van der Waals surface area contributed by atoms with E-state index in [4.69, 9.17) is 4.74 Å². The SMILES string of the molecule is COCC1(c2c(-c3ccc(C(=O)O)cc3)c3c(O)cc(F)cc3n2-c2ccc(F)c(C)c2)CCC1. The minimum atomic E-state index is -1.04. The van der Waals surface area contributed by atoms with E-state index < -0.39 is 17.2 Å². The Morgan fingerprint density at radius 2 is 1.80 bits per heavy atom. The van der Waals surface area contributed by atoms with Crippen molar-refractivity contribution < 1.29 is 28.5 Å². The van der Waals surface area contributed by atoms with Gasteiger partial charge in [-0.15, -0.1) is 0 Å². The molecule has 1 fully saturated rings. The Hall–Kier alpha value is -3.71. The largest absolute Gasteiger partial charge is 0.507 e. The highest BCUT2D eigenvalue weighted by molar-refractivity contribution is 6.04. The molecule has 1 heterocycles. The van der Waals surface area contributed by atoms with E-state index in [1.54, 1.807) is 38.3 Å². The summed E-state index contributed by atoms with van der Waals surface area (Å²) >= 11 is 0. The third-order valence-corrected chi connectivity index (χ3v) is 7.07. The minimum Gasteiger partial charge on any atom is -0.507 e. The highest BCUT2D eigenvalue weighted by Crippen LogP contribution is 2.53. The molecule has 0 bridgehead atoms. The maximum atomic E-state index is 14.6. The van der Waals surface area contributed by atoms with E-state index in [9.17, 15) is 23.8 Å². The van der Waals surface area contributed by atoms with Crippen molar-refractivity contribution in [2.75, 3.05) is 13.7 Å². The second kappa shape index (κ2) is 8.50. The molecule has 1 aliphatic carbocycles. The Morgan fingerprint density at radius 1 is 1.09 bits per heavy atom. The van der Waals surface area contributed by atoms with Crippen LogP contribution in [0, 0.1) is 18.6 Å². The Balaban J connectivity index is 1.94. The average molecular weight is 478 g/mol. The van der Waals surface area contributed by atoms with Crippen LogP contribution < -0.4 is 0 Å². The van der Waals surface area contributed by atoms with Crippen LogP contribution in [-0.4, -0.2) is 34.5 Å². The molecule has 0 radical (unpaired) electrons. The predicted octanol–water partition coefficient (Wildman–Crippen LogP) is 6.36. The number of aromatic hydroxyl groups is 1. The number of halogens is 2. The maximum Gasteiger partial charge on any atom is 0.335 e. The number of ether oxygens (including phenoxy) is 1. The molecule has 5 nitrogen and oxygen atoms in total. The molecule has 5 rings (SSSR count). The zero-order chi connectivity index (χ0) is 24.9. The monoisotopic (exact) mass is 477 g/mol. The van der Waals surface area contributed by atoms with Crippen molar-refractivity contribution in [3.8, 4) is 22.6 Å². The third-order valence-electron chi connectivity index (χ3n) is 7.07. The van der Waals surface area contributed by atoms with E-state index in [0.29, 0.717) is 39.9 Å². The zero-order valence-electron chi connectivity index (χ0n) is 19.4. The van der Waals surface area contributed by atoms with Gasteiger partial charge in [-0.2, -0.15) is 0 Å². The van der Waals surface area contributed by atoms with Crippen LogP contribution in [0.4, 0.5) is 8.78 Å². The summed E-state index contributed by atoms with van der Waals surface area (Å²) in [5, 5.41) is 20.8. The second-order valence-corrected chi connectivity index (χ2v) is 9.26. The van der Waals surface area contributed by atoms with Gasteiger partial charge in [0.2, 0.25) is 0 Å². The van der Waals surface area contributed by atoms with Crippen LogP contribution in [-0.2, 0) is 10.2 Å². The molecule has 35 heavy (non-hydrogen) atoms. The Kier molecular flexibility index (Phi) is 5.60. The maximum absolute atomic E-state index is 14.6. The molecule has 1 aliphatic rings. The summed E-state index contributed by atoms with van der Waals surface area (Å²) in [7, 11) is 1.63. The summed E-state index contributed by atoms with van der Waals surface area (Å²) in [4.78, 5) is 11.4. The number of aryl methyl sites for hydroxylation is 1. The Bertz CT molecular complexity index is 1450. The van der Waals surface area contributed by atoms with Crippen molar-refractivity contribution in [2.24, 2.45) is 0 Å². The van der Waals surface area contributed by atoms with E-state index in [1.165, 1.54) is 24.3 Å². The van der Waals surface area contributed by atoms with Crippen molar-refractivity contribution >= 4 is 16.9 Å². The van der Waals surface area contributed by atoms with Gasteiger partial charge in [0.25, 0.3) is 0 Å². The lowest BCUT2D eigenvalue weighted by molar-refractivity contribution is 0.0697. The van der Waals surface area contributed by atoms with Gasteiger partial charge in [0.05, 0.1) is 23.1 Å². The first-order valence-electron chi connectivity index (χ1n) is 11.4. The van der Waals surface area contributed by atoms with Gasteiger partial charge in [-0.3, -0.25) is 0 Å². The highest BCUT2D eigenvalue weighted by atomic mass is 19.1. The van der Waals surface area contributed by atoms with Crippen LogP contribution in [0.15, 0.2) is 54.6 Å². The van der Waals surface area contributed by atoms with Crippen molar-refractivity contribution in [2.45, 2.75) is 31.6 Å². The van der Waals surface area contributed by atoms with Gasteiger partial charge in [0.1, 0.15) is 17.4 Å². The van der Waals surface area contributed by atoms with Crippen molar-refractivity contribution in [1.29, 1.82) is 0 Å². The number of hydrogen-bond acceptors (Lipinski definition) is 3. The molecule has 0 amide bonds. The Morgan fingerprint density at radius 3 is 2.37 bits per heavy atom. The van der Waals surface area contributed by atoms with Gasteiger partial charge >= 0.3 is 5.97 Å². The number of carboxylic acids is 1. The number of phenols is 1. The van der Waals surface area contributed by atoms with Crippen molar-refractivity contribution in [3.05, 3.63) is 83.1 Å². The van der Waals surface area contributed by atoms with Crippen LogP contribution in [0.25, 0.3) is 27.7 Å². The lowest BCUT2D eigenvalue weighted by Gasteiger charge is -2.43. The average Bonchev–Trinajstić information content (AvgIpc) is 3.13. The predicted molar refractivity (Wildman–Crippen MR) is 129 cm³/mol. The fourth-order valence-electron chi connectivity index (χ4n) is 5.29. The van der Waals surface area contributed by atoms with Crippen molar-refractivity contribution in [1.82, 2.24) is 4.57 Å². The number of rotatable bonds is 6. The lowest BCUT2D eigenvalue weighted by atomic mass is 9.65. The first kappa shape index (κ1) is 23.1. The first-order chi connectivity index (χ1) is 16.8. The zero-order valence-corrected chi connectivity index (χ0v) is 19.4. The molecule has 2 N–H and O–H groups in total. The normalized spacial score (nSPS) is 14.7. The van der Waals surface area contributed by atoms with Gasteiger partial charge in [0, 0.05) is 35.5 Å². The van der Waals surface area contributed by atoms with Crippen LogP contribution in [0.2, 0.25) is 0 Å². The highest BCUT2D eigenvalue weighted by Gasteiger charge is 2.44. The molecule has 7 heteroatoms. The molecule has 0 saturated heterocycles. The first-order valence-corrected chi connectivity index (χ1v) is 11.4. The summed E-state index contributed by atoms with van der Waals surface area (Å²) < 4.78 is 36.4. The standard InChI is InChI=1S/C28H25F2NO4/c1-16-12-20(8-9-21(16)30)31-22-13-19(29)14-23(32)25(22)24(17-4-6-18(7-5-17)27(33)34)26(31)28(15-35-2)10-3-11-28/h4-9,12-14,32H,3,10-11,15H2,1-2H3,(H,33,34). The lowest BCUT2D eigenvalue weighted by Crippen LogP contribution is -2.41. The number of methoxy groups -OCH3 is 1. The number of carboxylic acid groups (broad SMARTS) is 1. The number of benzene rings is 3. The molecular formula is C28H25F2NO4. The van der Waals surface area contributed by atoms with Gasteiger partial charge < -0.3 is 19.5 Å². The summed E-state index contributed by atoms with van der Waals surface area (Å²) in [5.41, 5.74) is 3.46. The number of carbonyl (C=O) groups is 1. The van der Waals surface area contributed by atoms with Gasteiger partial charge in [-0.25, -0.2) is 13.6 Å². The van der Waals surface area contributed by atoms with Gasteiger partial charge in [0.15, 0.2) is 0 Å². The fourth-order valence-corrected chi connectivity index (χ4v) is 5.29. The summed E-state index contributed by atoms with van der Waals surface area (Å²) in [6, 6.07) is 13.6. The molecule has 0 atom stereocenters. The van der Waals surface area contributed by atoms with Crippen LogP contribution in [0.5, 0.6) is 5.75 Å². The molecule has 1 saturated carbocycles. The van der Waals surface area contributed by atoms with Gasteiger partial charge in [-0.05, 0) is 67.3 Å². The summed E-state index contributed by atoms with van der Waals surface area (Å²) in [6.45, 7) is 2.08. The fraction of sp³-hybridized carbons (Fsp3) is 0.250. The van der Waals surface area contributed by atoms with Crippen LogP contribution in [0.1, 0.15) is 40.9 Å². The molecule has 180 valence electrons. The quantitative estimate of drug-likeness (QED) is 0.339. The molecule has 0 aliphatic heterocycles. The number of aromatic nitrogens is 1. The minimum absolute atomic E-state index is 0.138. The molecular weight excluding hydrogens is 452 g/mol. The molecule has 0 unspecified atom stereocenters. The smallest absolute Gasteiger partial charge is 0.335 e. The van der Waals surface area contributed by atoms with Crippen LogP contribution in [0.3, 0.4) is 0 Å². The topological polar surface area (TPSA) is 71.7 Å². The third kappa shape index (κ3) is 3.67. The molecule has 4 aromatic rings. The van der Waals surface area contributed by atoms with E-state index in [0.717, 1.165) is 31.0 Å². The van der Waals surface area contributed by atoms with E-state index in [2.05, 4.69) is 0 Å². The summed E-state index contributed by atoms with van der Waals surface area (Å²) in [5.74, 6) is -2.20.